The molecule has 30 heavy (non-hydrogen) atoms. The normalized spacial score (nSPS) is 10.9. The molecule has 0 bridgehead atoms. The maximum Gasteiger partial charge on any atom is 0.266 e. The lowest BCUT2D eigenvalue weighted by Crippen LogP contribution is -2.13. The number of carbonyl (C=O) groups excluding carboxylic acids is 1. The highest BCUT2D eigenvalue weighted by Gasteiger charge is 2.11. The first kappa shape index (κ1) is 21.0. The average Bonchev–Trinajstić information content (AvgIpc) is 2.74. The van der Waals surface area contributed by atoms with Crippen LogP contribution in [0.2, 0.25) is 5.02 Å². The predicted octanol–water partition coefficient (Wildman–Crippen LogP) is 5.74. The molecule has 3 rings (SSSR count). The SMILES string of the molecule is N#C/C(=C\c1ccc(OCc2ccccc2F)c(Cl)c1)C(=O)Nc1ccc(F)cc1. The molecule has 0 unspecified atom stereocenters. The van der Waals surface area contributed by atoms with Crippen LogP contribution in [0.15, 0.2) is 72.3 Å². The molecule has 0 radical (unpaired) electrons. The van der Waals surface area contributed by atoms with Crippen LogP contribution in [0.1, 0.15) is 11.1 Å². The number of anilines is 1. The van der Waals surface area contributed by atoms with E-state index in [0.717, 1.165) is 0 Å². The van der Waals surface area contributed by atoms with Crippen molar-refractivity contribution in [1.82, 2.24) is 0 Å². The van der Waals surface area contributed by atoms with Crippen molar-refractivity contribution in [2.75, 3.05) is 5.32 Å². The summed E-state index contributed by atoms with van der Waals surface area (Å²) in [5.41, 5.74) is 1.10. The van der Waals surface area contributed by atoms with Gasteiger partial charge in [0, 0.05) is 11.3 Å². The highest BCUT2D eigenvalue weighted by atomic mass is 35.5. The van der Waals surface area contributed by atoms with Crippen LogP contribution in [0.25, 0.3) is 6.08 Å². The summed E-state index contributed by atoms with van der Waals surface area (Å²) in [6, 6.07) is 18.0. The molecule has 0 aliphatic carbocycles. The molecule has 0 spiro atoms. The molecule has 0 fully saturated rings. The third-order valence-corrected chi connectivity index (χ3v) is 4.37. The first-order valence-corrected chi connectivity index (χ1v) is 9.18. The van der Waals surface area contributed by atoms with E-state index in [4.69, 9.17) is 16.3 Å². The number of carbonyl (C=O) groups is 1. The average molecular weight is 425 g/mol. The number of nitrogens with one attached hydrogen (secondary N) is 1. The summed E-state index contributed by atoms with van der Waals surface area (Å²) in [7, 11) is 0. The van der Waals surface area contributed by atoms with Gasteiger partial charge in [-0.25, -0.2) is 8.78 Å². The lowest BCUT2D eigenvalue weighted by atomic mass is 10.1. The summed E-state index contributed by atoms with van der Waals surface area (Å²) in [6.45, 7) is 0.00506. The molecule has 0 atom stereocenters. The number of hydrogen-bond acceptors (Lipinski definition) is 3. The van der Waals surface area contributed by atoms with Gasteiger partial charge in [-0.2, -0.15) is 5.26 Å². The third kappa shape index (κ3) is 5.43. The zero-order chi connectivity index (χ0) is 21.5. The molecule has 4 nitrogen and oxygen atoms in total. The molecule has 3 aromatic carbocycles. The molecule has 0 aliphatic heterocycles. The number of halogens is 3. The van der Waals surface area contributed by atoms with E-state index in [2.05, 4.69) is 5.32 Å². The second-order valence-corrected chi connectivity index (χ2v) is 6.61. The second kappa shape index (κ2) is 9.68. The van der Waals surface area contributed by atoms with Gasteiger partial charge in [0.15, 0.2) is 0 Å². The van der Waals surface area contributed by atoms with E-state index >= 15 is 0 Å². The molecular weight excluding hydrogens is 410 g/mol. The van der Waals surface area contributed by atoms with E-state index in [1.54, 1.807) is 30.3 Å². The van der Waals surface area contributed by atoms with Gasteiger partial charge in [-0.15, -0.1) is 0 Å². The number of ether oxygens (including phenoxy) is 1. The van der Waals surface area contributed by atoms with Crippen molar-refractivity contribution >= 4 is 29.3 Å². The topological polar surface area (TPSA) is 62.1 Å². The third-order valence-electron chi connectivity index (χ3n) is 4.08. The number of amides is 1. The van der Waals surface area contributed by atoms with Crippen LogP contribution in [-0.2, 0) is 11.4 Å². The Morgan fingerprint density at radius 3 is 2.50 bits per heavy atom. The van der Waals surface area contributed by atoms with Gasteiger partial charge in [0.2, 0.25) is 0 Å². The van der Waals surface area contributed by atoms with E-state index in [1.165, 1.54) is 42.5 Å². The van der Waals surface area contributed by atoms with Crippen LogP contribution < -0.4 is 10.1 Å². The van der Waals surface area contributed by atoms with E-state index in [1.807, 2.05) is 6.07 Å². The Labute approximate surface area is 177 Å². The Balaban J connectivity index is 1.71. The van der Waals surface area contributed by atoms with Crippen molar-refractivity contribution in [2.24, 2.45) is 0 Å². The Bertz CT molecular complexity index is 1140. The fourth-order valence-electron chi connectivity index (χ4n) is 2.54. The standard InChI is InChI=1S/C23H15ClF2N2O2/c24-20-12-15(5-10-22(20)30-14-16-3-1-2-4-21(16)26)11-17(13-27)23(29)28-19-8-6-18(25)7-9-19/h1-12H,14H2,(H,28,29)/b17-11+. The summed E-state index contributed by atoms with van der Waals surface area (Å²) in [5, 5.41) is 12.1. The first-order chi connectivity index (χ1) is 14.5. The Kier molecular flexibility index (Phi) is 6.79. The van der Waals surface area contributed by atoms with Crippen LogP contribution in [0, 0.1) is 23.0 Å². The lowest BCUT2D eigenvalue weighted by molar-refractivity contribution is -0.112. The van der Waals surface area contributed by atoms with Crippen molar-refractivity contribution in [2.45, 2.75) is 6.61 Å². The molecule has 1 N–H and O–H groups in total. The Morgan fingerprint density at radius 2 is 1.83 bits per heavy atom. The summed E-state index contributed by atoms with van der Waals surface area (Å²) in [4.78, 5) is 12.3. The molecule has 0 saturated heterocycles. The lowest BCUT2D eigenvalue weighted by Gasteiger charge is -2.09. The number of rotatable bonds is 6. The van der Waals surface area contributed by atoms with Gasteiger partial charge in [-0.3, -0.25) is 4.79 Å². The summed E-state index contributed by atoms with van der Waals surface area (Å²) in [6.07, 6.45) is 1.37. The zero-order valence-electron chi connectivity index (χ0n) is 15.5. The van der Waals surface area contributed by atoms with Gasteiger partial charge in [0.1, 0.15) is 35.6 Å². The van der Waals surface area contributed by atoms with Crippen LogP contribution >= 0.6 is 11.6 Å². The minimum absolute atomic E-state index is 0.00506. The fraction of sp³-hybridized carbons (Fsp3) is 0.0435. The first-order valence-electron chi connectivity index (χ1n) is 8.81. The van der Waals surface area contributed by atoms with Crippen molar-refractivity contribution in [1.29, 1.82) is 5.26 Å². The quantitative estimate of drug-likeness (QED) is 0.405. The van der Waals surface area contributed by atoms with Gasteiger partial charge in [0.05, 0.1) is 5.02 Å². The monoisotopic (exact) mass is 424 g/mol. The van der Waals surface area contributed by atoms with Gasteiger partial charge in [0.25, 0.3) is 5.91 Å². The number of nitriles is 1. The molecule has 7 heteroatoms. The minimum atomic E-state index is -0.639. The summed E-state index contributed by atoms with van der Waals surface area (Å²) >= 11 is 6.22. The smallest absolute Gasteiger partial charge is 0.266 e. The molecule has 1 amide bonds. The largest absolute Gasteiger partial charge is 0.487 e. The molecule has 0 saturated carbocycles. The zero-order valence-corrected chi connectivity index (χ0v) is 16.3. The Hall–Kier alpha value is -3.69. The number of hydrogen-bond donors (Lipinski definition) is 1. The van der Waals surface area contributed by atoms with Gasteiger partial charge in [-0.05, 0) is 54.1 Å². The number of benzene rings is 3. The van der Waals surface area contributed by atoms with Crippen LogP contribution in [0.5, 0.6) is 5.75 Å². The van der Waals surface area contributed by atoms with Crippen LogP contribution in [-0.4, -0.2) is 5.91 Å². The Morgan fingerprint density at radius 1 is 1.10 bits per heavy atom. The highest BCUT2D eigenvalue weighted by Crippen LogP contribution is 2.27. The molecule has 0 heterocycles. The van der Waals surface area contributed by atoms with Crippen LogP contribution in [0.3, 0.4) is 0 Å². The molecular formula is C23H15ClF2N2O2. The maximum atomic E-state index is 13.7. The van der Waals surface area contributed by atoms with Gasteiger partial charge in [-0.1, -0.05) is 35.9 Å². The van der Waals surface area contributed by atoms with E-state index in [-0.39, 0.29) is 23.0 Å². The number of nitrogens with zero attached hydrogens (tertiary/aromatic N) is 1. The molecule has 150 valence electrons. The second-order valence-electron chi connectivity index (χ2n) is 6.20. The molecule has 3 aromatic rings. The van der Waals surface area contributed by atoms with E-state index in [0.29, 0.717) is 22.6 Å². The molecule has 0 aliphatic rings. The van der Waals surface area contributed by atoms with Crippen LogP contribution in [0.4, 0.5) is 14.5 Å². The highest BCUT2D eigenvalue weighted by molar-refractivity contribution is 6.32. The van der Waals surface area contributed by atoms with Crippen molar-refractivity contribution in [3.8, 4) is 11.8 Å². The van der Waals surface area contributed by atoms with Gasteiger partial charge >= 0.3 is 0 Å². The fourth-order valence-corrected chi connectivity index (χ4v) is 2.79. The summed E-state index contributed by atoms with van der Waals surface area (Å²) in [5.74, 6) is -1.11. The van der Waals surface area contributed by atoms with Crippen molar-refractivity contribution in [3.63, 3.8) is 0 Å². The minimum Gasteiger partial charge on any atom is -0.487 e. The van der Waals surface area contributed by atoms with E-state index in [9.17, 15) is 18.8 Å². The predicted molar refractivity (Wildman–Crippen MR) is 111 cm³/mol. The van der Waals surface area contributed by atoms with Crippen molar-refractivity contribution < 1.29 is 18.3 Å². The van der Waals surface area contributed by atoms with Crippen molar-refractivity contribution in [3.05, 3.63) is 100 Å². The maximum absolute atomic E-state index is 13.7. The summed E-state index contributed by atoms with van der Waals surface area (Å²) < 4.78 is 32.2. The molecule has 0 aromatic heterocycles. The van der Waals surface area contributed by atoms with Gasteiger partial charge < -0.3 is 10.1 Å². The van der Waals surface area contributed by atoms with E-state index < -0.39 is 11.7 Å².